The number of hydrogen-bond donors (Lipinski definition) is 1. The van der Waals surface area contributed by atoms with E-state index in [1.807, 2.05) is 6.26 Å². The van der Waals surface area contributed by atoms with Crippen LogP contribution in [-0.4, -0.2) is 64.6 Å². The van der Waals surface area contributed by atoms with Crippen LogP contribution in [0.4, 0.5) is 5.69 Å². The molecule has 166 valence electrons. The van der Waals surface area contributed by atoms with Crippen LogP contribution in [0, 0.1) is 0 Å². The SMILES string of the molecule is COC(=O)c1ccc(C(=O)OC)c(NC(=O)CN(C)S(=O)(=O)c2ccc(SC)cc2)c1. The maximum Gasteiger partial charge on any atom is 0.339 e. The van der Waals surface area contributed by atoms with Crippen LogP contribution in [0.15, 0.2) is 52.3 Å². The third-order valence-electron chi connectivity index (χ3n) is 4.25. The zero-order chi connectivity index (χ0) is 23.2. The summed E-state index contributed by atoms with van der Waals surface area (Å²) < 4.78 is 35.7. The van der Waals surface area contributed by atoms with E-state index in [0.29, 0.717) is 0 Å². The van der Waals surface area contributed by atoms with Gasteiger partial charge in [-0.1, -0.05) is 0 Å². The number of nitrogens with zero attached hydrogens (tertiary/aromatic N) is 1. The first-order valence-electron chi connectivity index (χ1n) is 8.85. The number of carbonyl (C=O) groups excluding carboxylic acids is 3. The summed E-state index contributed by atoms with van der Waals surface area (Å²) in [5.74, 6) is -2.11. The zero-order valence-corrected chi connectivity index (χ0v) is 19.0. The van der Waals surface area contributed by atoms with Crippen molar-refractivity contribution in [1.29, 1.82) is 0 Å². The Morgan fingerprint density at radius 2 is 1.61 bits per heavy atom. The Kier molecular flexibility index (Phi) is 8.20. The fourth-order valence-corrected chi connectivity index (χ4v) is 4.12. The summed E-state index contributed by atoms with van der Waals surface area (Å²) in [6.45, 7) is -0.518. The standard InChI is InChI=1S/C20H22N2O7S2/c1-22(31(26,27)15-8-6-14(30-4)7-9-15)12-18(23)21-17-11-13(19(24)28-2)5-10-16(17)20(25)29-3/h5-11H,12H2,1-4H3,(H,21,23). The molecule has 0 spiro atoms. The largest absolute Gasteiger partial charge is 0.465 e. The second-order valence-electron chi connectivity index (χ2n) is 6.23. The Morgan fingerprint density at radius 3 is 2.16 bits per heavy atom. The lowest BCUT2D eigenvalue weighted by Gasteiger charge is -2.18. The molecule has 0 radical (unpaired) electrons. The molecule has 1 N–H and O–H groups in total. The normalized spacial score (nSPS) is 11.1. The fourth-order valence-electron chi connectivity index (χ4n) is 2.59. The van der Waals surface area contributed by atoms with Gasteiger partial charge in [0, 0.05) is 11.9 Å². The first kappa shape index (κ1) is 24.4. The minimum absolute atomic E-state index is 0.00154. The van der Waals surface area contributed by atoms with Crippen LogP contribution >= 0.6 is 11.8 Å². The quantitative estimate of drug-likeness (QED) is 0.465. The molecule has 1 amide bonds. The first-order chi connectivity index (χ1) is 14.6. The number of carbonyl (C=O) groups is 3. The fraction of sp³-hybridized carbons (Fsp3) is 0.250. The van der Waals surface area contributed by atoms with Gasteiger partial charge in [0.1, 0.15) is 0 Å². The molecular formula is C20H22N2O7S2. The number of benzene rings is 2. The molecule has 0 unspecified atom stereocenters. The molecule has 2 aromatic carbocycles. The smallest absolute Gasteiger partial charge is 0.339 e. The van der Waals surface area contributed by atoms with Crippen LogP contribution in [-0.2, 0) is 24.3 Å². The van der Waals surface area contributed by atoms with Crippen molar-refractivity contribution >= 4 is 45.3 Å². The van der Waals surface area contributed by atoms with E-state index in [0.717, 1.165) is 9.20 Å². The molecule has 0 bridgehead atoms. The number of ether oxygens (including phenoxy) is 2. The van der Waals surface area contributed by atoms with Crippen LogP contribution in [0.1, 0.15) is 20.7 Å². The van der Waals surface area contributed by atoms with Gasteiger partial charge < -0.3 is 14.8 Å². The van der Waals surface area contributed by atoms with E-state index in [2.05, 4.69) is 14.8 Å². The maximum absolute atomic E-state index is 12.7. The summed E-state index contributed by atoms with van der Waals surface area (Å²) in [6.07, 6.45) is 1.87. The maximum atomic E-state index is 12.7. The average Bonchev–Trinajstić information content (AvgIpc) is 2.77. The molecule has 9 nitrogen and oxygen atoms in total. The lowest BCUT2D eigenvalue weighted by atomic mass is 10.1. The van der Waals surface area contributed by atoms with E-state index in [4.69, 9.17) is 0 Å². The molecule has 31 heavy (non-hydrogen) atoms. The molecule has 0 aliphatic carbocycles. The van der Waals surface area contributed by atoms with Crippen LogP contribution in [0.5, 0.6) is 0 Å². The Hall–Kier alpha value is -2.89. The van der Waals surface area contributed by atoms with Crippen molar-refractivity contribution in [3.05, 3.63) is 53.6 Å². The van der Waals surface area contributed by atoms with Gasteiger partial charge in [0.15, 0.2) is 0 Å². The summed E-state index contributed by atoms with van der Waals surface area (Å²) in [4.78, 5) is 37.2. The number of amides is 1. The van der Waals surface area contributed by atoms with Crippen LogP contribution in [0.25, 0.3) is 0 Å². The van der Waals surface area contributed by atoms with E-state index < -0.39 is 34.4 Å². The number of anilines is 1. The van der Waals surface area contributed by atoms with Crippen LogP contribution < -0.4 is 5.32 Å². The lowest BCUT2D eigenvalue weighted by Crippen LogP contribution is -2.35. The van der Waals surface area contributed by atoms with Crippen molar-refractivity contribution in [2.24, 2.45) is 0 Å². The monoisotopic (exact) mass is 466 g/mol. The van der Waals surface area contributed by atoms with Crippen molar-refractivity contribution in [3.63, 3.8) is 0 Å². The average molecular weight is 467 g/mol. The predicted molar refractivity (Wildman–Crippen MR) is 116 cm³/mol. The third kappa shape index (κ3) is 5.84. The predicted octanol–water partition coefficient (Wildman–Crippen LogP) is 2.24. The Bertz CT molecular complexity index is 1080. The minimum Gasteiger partial charge on any atom is -0.465 e. The summed E-state index contributed by atoms with van der Waals surface area (Å²) in [7, 11) is -0.277. The van der Waals surface area contributed by atoms with Crippen LogP contribution in [0.3, 0.4) is 0 Å². The molecule has 0 fully saturated rings. The number of methoxy groups -OCH3 is 2. The van der Waals surface area contributed by atoms with E-state index >= 15 is 0 Å². The van der Waals surface area contributed by atoms with Crippen LogP contribution in [0.2, 0.25) is 0 Å². The van der Waals surface area contributed by atoms with E-state index in [-0.39, 0.29) is 21.7 Å². The molecule has 0 saturated carbocycles. The highest BCUT2D eigenvalue weighted by Gasteiger charge is 2.24. The Morgan fingerprint density at radius 1 is 1.00 bits per heavy atom. The summed E-state index contributed by atoms with van der Waals surface area (Å²) in [5, 5.41) is 2.46. The Labute approximate surface area is 184 Å². The van der Waals surface area contributed by atoms with E-state index in [1.165, 1.54) is 63.4 Å². The van der Waals surface area contributed by atoms with Crippen molar-refractivity contribution in [3.8, 4) is 0 Å². The van der Waals surface area contributed by atoms with Crippen molar-refractivity contribution in [2.45, 2.75) is 9.79 Å². The molecule has 11 heteroatoms. The number of esters is 2. The molecule has 0 atom stereocenters. The van der Waals surface area contributed by atoms with Gasteiger partial charge >= 0.3 is 11.9 Å². The molecule has 2 rings (SSSR count). The molecular weight excluding hydrogens is 444 g/mol. The van der Waals surface area contributed by atoms with E-state index in [1.54, 1.807) is 12.1 Å². The number of nitrogens with one attached hydrogen (secondary N) is 1. The van der Waals surface area contributed by atoms with Gasteiger partial charge in [0.25, 0.3) is 0 Å². The highest BCUT2D eigenvalue weighted by atomic mass is 32.2. The van der Waals surface area contributed by atoms with Crippen molar-refractivity contribution in [1.82, 2.24) is 4.31 Å². The van der Waals surface area contributed by atoms with Gasteiger partial charge in [-0.2, -0.15) is 4.31 Å². The zero-order valence-electron chi connectivity index (χ0n) is 17.4. The van der Waals surface area contributed by atoms with Gasteiger partial charge in [-0.05, 0) is 48.7 Å². The summed E-state index contributed by atoms with van der Waals surface area (Å²) in [5.41, 5.74) is 0.0943. The Balaban J connectivity index is 2.23. The molecule has 0 saturated heterocycles. The third-order valence-corrected chi connectivity index (χ3v) is 6.82. The topological polar surface area (TPSA) is 119 Å². The van der Waals surface area contributed by atoms with Gasteiger partial charge in [-0.3, -0.25) is 4.79 Å². The second-order valence-corrected chi connectivity index (χ2v) is 9.15. The number of hydrogen-bond acceptors (Lipinski definition) is 8. The van der Waals surface area contributed by atoms with Gasteiger partial charge in [0.05, 0.1) is 42.5 Å². The van der Waals surface area contributed by atoms with Crippen molar-refractivity contribution < 1.29 is 32.3 Å². The number of sulfonamides is 1. The molecule has 0 heterocycles. The molecule has 0 aliphatic rings. The van der Waals surface area contributed by atoms with E-state index in [9.17, 15) is 22.8 Å². The highest BCUT2D eigenvalue weighted by Crippen LogP contribution is 2.22. The number of likely N-dealkylation sites (N-methyl/N-ethyl adjacent to an activating group) is 1. The molecule has 0 aromatic heterocycles. The number of thioether (sulfide) groups is 1. The first-order valence-corrected chi connectivity index (χ1v) is 11.5. The number of rotatable bonds is 8. The second kappa shape index (κ2) is 10.4. The summed E-state index contributed by atoms with van der Waals surface area (Å²) in [6, 6.07) is 10.2. The van der Waals surface area contributed by atoms with Crippen molar-refractivity contribution in [2.75, 3.05) is 39.4 Å². The van der Waals surface area contributed by atoms with Gasteiger partial charge in [0.2, 0.25) is 15.9 Å². The highest BCUT2D eigenvalue weighted by molar-refractivity contribution is 7.98. The lowest BCUT2D eigenvalue weighted by molar-refractivity contribution is -0.116. The minimum atomic E-state index is -3.91. The molecule has 2 aromatic rings. The summed E-state index contributed by atoms with van der Waals surface area (Å²) >= 11 is 1.48. The van der Waals surface area contributed by atoms with Gasteiger partial charge in [-0.25, -0.2) is 18.0 Å². The van der Waals surface area contributed by atoms with Gasteiger partial charge in [-0.15, -0.1) is 11.8 Å². The molecule has 0 aliphatic heterocycles.